The Morgan fingerprint density at radius 2 is 1.91 bits per heavy atom. The van der Waals surface area contributed by atoms with Crippen LogP contribution in [0.3, 0.4) is 0 Å². The molecule has 0 fully saturated rings. The maximum absolute atomic E-state index is 5.54. The summed E-state index contributed by atoms with van der Waals surface area (Å²) in [7, 11) is 0. The number of nitrogens with zero attached hydrogens (tertiary/aromatic N) is 5. The van der Waals surface area contributed by atoms with Crippen LogP contribution in [0.1, 0.15) is 5.69 Å². The molecule has 3 aromatic heterocycles. The SMILES string of the molecule is Cc1cc2ncc(N=Nc3ccccc3)c(-c3ccco3)n2n1. The van der Waals surface area contributed by atoms with Crippen molar-refractivity contribution < 1.29 is 4.42 Å². The number of azo groups is 1. The molecule has 0 bridgehead atoms. The minimum absolute atomic E-state index is 0.597. The molecule has 0 spiro atoms. The van der Waals surface area contributed by atoms with E-state index in [4.69, 9.17) is 4.42 Å². The van der Waals surface area contributed by atoms with Gasteiger partial charge >= 0.3 is 0 Å². The Morgan fingerprint density at radius 1 is 1.04 bits per heavy atom. The second-order valence-electron chi connectivity index (χ2n) is 5.06. The van der Waals surface area contributed by atoms with E-state index >= 15 is 0 Å². The lowest BCUT2D eigenvalue weighted by molar-refractivity contribution is 0.577. The molecule has 0 aliphatic rings. The van der Waals surface area contributed by atoms with E-state index in [1.54, 1.807) is 17.0 Å². The zero-order valence-electron chi connectivity index (χ0n) is 12.4. The Hall–Kier alpha value is -3.28. The van der Waals surface area contributed by atoms with Crippen molar-refractivity contribution in [3.05, 3.63) is 66.7 Å². The van der Waals surface area contributed by atoms with Crippen molar-refractivity contribution >= 4 is 17.0 Å². The molecule has 4 rings (SSSR count). The number of fused-ring (bicyclic) bond motifs is 1. The number of hydrogen-bond donors (Lipinski definition) is 0. The van der Waals surface area contributed by atoms with Crippen molar-refractivity contribution in [3.63, 3.8) is 0 Å². The summed E-state index contributed by atoms with van der Waals surface area (Å²) in [5.41, 5.74) is 3.72. The number of benzene rings is 1. The highest BCUT2D eigenvalue weighted by Gasteiger charge is 2.15. The number of rotatable bonds is 3. The van der Waals surface area contributed by atoms with Crippen molar-refractivity contribution in [2.24, 2.45) is 10.2 Å². The number of aromatic nitrogens is 3. The molecule has 0 saturated carbocycles. The van der Waals surface area contributed by atoms with E-state index < -0.39 is 0 Å². The zero-order chi connectivity index (χ0) is 15.6. The highest BCUT2D eigenvalue weighted by molar-refractivity contribution is 5.70. The summed E-state index contributed by atoms with van der Waals surface area (Å²) < 4.78 is 7.27. The standard InChI is InChI=1S/C17H13N5O/c1-12-10-16-18-11-14(20-19-13-6-3-2-4-7-13)17(22(16)21-12)15-8-5-9-23-15/h2-11H,1H3. The van der Waals surface area contributed by atoms with Crippen LogP contribution in [0.25, 0.3) is 17.1 Å². The van der Waals surface area contributed by atoms with E-state index in [2.05, 4.69) is 20.3 Å². The van der Waals surface area contributed by atoms with Crippen LogP contribution in [-0.2, 0) is 0 Å². The predicted molar refractivity (Wildman–Crippen MR) is 86.0 cm³/mol. The highest BCUT2D eigenvalue weighted by atomic mass is 16.3. The summed E-state index contributed by atoms with van der Waals surface area (Å²) in [5.74, 6) is 0.669. The Balaban J connectivity index is 1.89. The molecule has 1 aromatic carbocycles. The third-order valence-corrected chi connectivity index (χ3v) is 3.37. The van der Waals surface area contributed by atoms with E-state index in [-0.39, 0.29) is 0 Å². The molecule has 0 aliphatic carbocycles. The van der Waals surface area contributed by atoms with Gasteiger partial charge in [-0.2, -0.15) is 10.2 Å². The number of aryl methyl sites for hydroxylation is 1. The van der Waals surface area contributed by atoms with Gasteiger partial charge in [0.05, 0.1) is 23.8 Å². The van der Waals surface area contributed by atoms with Crippen LogP contribution in [0.2, 0.25) is 0 Å². The van der Waals surface area contributed by atoms with E-state index in [9.17, 15) is 0 Å². The second kappa shape index (κ2) is 5.49. The number of furan rings is 1. The first-order chi connectivity index (χ1) is 11.3. The molecule has 0 N–H and O–H groups in total. The van der Waals surface area contributed by atoms with Crippen molar-refractivity contribution in [1.29, 1.82) is 0 Å². The lowest BCUT2D eigenvalue weighted by Crippen LogP contribution is -1.95. The molecule has 3 heterocycles. The van der Waals surface area contributed by atoms with Crippen LogP contribution in [0.15, 0.2) is 75.6 Å². The summed E-state index contributed by atoms with van der Waals surface area (Å²) in [5, 5.41) is 13.1. The fourth-order valence-corrected chi connectivity index (χ4v) is 2.36. The smallest absolute Gasteiger partial charge is 0.156 e. The van der Waals surface area contributed by atoms with Crippen LogP contribution in [0.5, 0.6) is 0 Å². The molecule has 4 aromatic rings. The largest absolute Gasteiger partial charge is 0.463 e. The fraction of sp³-hybridized carbons (Fsp3) is 0.0588. The minimum Gasteiger partial charge on any atom is -0.463 e. The summed E-state index contributed by atoms with van der Waals surface area (Å²) in [6, 6.07) is 15.2. The molecule has 0 amide bonds. The molecule has 0 aliphatic heterocycles. The maximum Gasteiger partial charge on any atom is 0.156 e. The normalized spacial score (nSPS) is 11.5. The van der Waals surface area contributed by atoms with E-state index in [0.717, 1.165) is 22.7 Å². The lowest BCUT2D eigenvalue weighted by atomic mass is 10.3. The Kier molecular flexibility index (Phi) is 3.20. The summed E-state index contributed by atoms with van der Waals surface area (Å²) in [6.45, 7) is 1.92. The van der Waals surface area contributed by atoms with Gasteiger partial charge in [-0.1, -0.05) is 18.2 Å². The fourth-order valence-electron chi connectivity index (χ4n) is 2.36. The summed E-state index contributed by atoms with van der Waals surface area (Å²) in [6.07, 6.45) is 3.30. The average molecular weight is 303 g/mol. The van der Waals surface area contributed by atoms with Crippen molar-refractivity contribution in [2.45, 2.75) is 6.92 Å². The second-order valence-corrected chi connectivity index (χ2v) is 5.06. The van der Waals surface area contributed by atoms with Crippen LogP contribution < -0.4 is 0 Å². The van der Waals surface area contributed by atoms with Crippen molar-refractivity contribution in [2.75, 3.05) is 0 Å². The van der Waals surface area contributed by atoms with Crippen LogP contribution in [0, 0.1) is 6.92 Å². The number of hydrogen-bond acceptors (Lipinski definition) is 5. The van der Waals surface area contributed by atoms with Gasteiger partial charge in [0.15, 0.2) is 11.4 Å². The van der Waals surface area contributed by atoms with Gasteiger partial charge in [-0.25, -0.2) is 9.50 Å². The summed E-state index contributed by atoms with van der Waals surface area (Å²) in [4.78, 5) is 4.39. The molecule has 23 heavy (non-hydrogen) atoms. The van der Waals surface area contributed by atoms with Crippen LogP contribution in [0.4, 0.5) is 11.4 Å². The topological polar surface area (TPSA) is 68.0 Å². The molecule has 0 saturated heterocycles. The molecule has 6 nitrogen and oxygen atoms in total. The minimum atomic E-state index is 0.597. The van der Waals surface area contributed by atoms with E-state index in [0.29, 0.717) is 11.4 Å². The van der Waals surface area contributed by atoms with Crippen molar-refractivity contribution in [1.82, 2.24) is 14.6 Å². The first-order valence-electron chi connectivity index (χ1n) is 7.17. The Bertz CT molecular complexity index is 971. The first kappa shape index (κ1) is 13.4. The van der Waals surface area contributed by atoms with E-state index in [1.165, 1.54) is 0 Å². The van der Waals surface area contributed by atoms with Crippen LogP contribution >= 0.6 is 0 Å². The Labute approximate surface area is 132 Å². The summed E-state index contributed by atoms with van der Waals surface area (Å²) >= 11 is 0. The quantitative estimate of drug-likeness (QED) is 0.514. The maximum atomic E-state index is 5.54. The zero-order valence-corrected chi connectivity index (χ0v) is 12.4. The van der Waals surface area contributed by atoms with Gasteiger partial charge in [0.1, 0.15) is 11.4 Å². The molecule has 112 valence electrons. The monoisotopic (exact) mass is 303 g/mol. The molecular weight excluding hydrogens is 290 g/mol. The molecule has 0 unspecified atom stereocenters. The van der Waals surface area contributed by atoms with Crippen LogP contribution in [-0.4, -0.2) is 14.6 Å². The molecule has 0 atom stereocenters. The lowest BCUT2D eigenvalue weighted by Gasteiger charge is -2.04. The Morgan fingerprint density at radius 3 is 2.70 bits per heavy atom. The van der Waals surface area contributed by atoms with Gasteiger partial charge in [-0.15, -0.1) is 5.11 Å². The average Bonchev–Trinajstić information content (AvgIpc) is 3.21. The molecular formula is C17H13N5O. The highest BCUT2D eigenvalue weighted by Crippen LogP contribution is 2.31. The third-order valence-electron chi connectivity index (χ3n) is 3.37. The van der Waals surface area contributed by atoms with Gasteiger partial charge in [0, 0.05) is 6.07 Å². The van der Waals surface area contributed by atoms with E-state index in [1.807, 2.05) is 55.5 Å². The molecule has 6 heteroatoms. The van der Waals surface area contributed by atoms with Gasteiger partial charge in [0.25, 0.3) is 0 Å². The van der Waals surface area contributed by atoms with Crippen molar-refractivity contribution in [3.8, 4) is 11.5 Å². The van der Waals surface area contributed by atoms with Gasteiger partial charge in [0.2, 0.25) is 0 Å². The third kappa shape index (κ3) is 2.50. The molecule has 0 radical (unpaired) electrons. The van der Waals surface area contributed by atoms with Gasteiger partial charge in [-0.3, -0.25) is 0 Å². The first-order valence-corrected chi connectivity index (χ1v) is 7.17. The van der Waals surface area contributed by atoms with Gasteiger partial charge < -0.3 is 4.42 Å². The predicted octanol–water partition coefficient (Wildman–Crippen LogP) is 4.71. The van der Waals surface area contributed by atoms with Gasteiger partial charge in [-0.05, 0) is 31.2 Å².